The van der Waals surface area contributed by atoms with Crippen molar-refractivity contribution >= 4 is 37.5 Å². The summed E-state index contributed by atoms with van der Waals surface area (Å²) in [4.78, 5) is 2.51. The van der Waals surface area contributed by atoms with Gasteiger partial charge in [-0.2, -0.15) is 0 Å². The summed E-state index contributed by atoms with van der Waals surface area (Å²) in [5.41, 5.74) is 1.16. The zero-order valence-electron chi connectivity index (χ0n) is 9.18. The number of likely N-dealkylation sites (tertiary alicyclic amines) is 1. The lowest BCUT2D eigenvalue weighted by molar-refractivity contribution is 0.352. The molecule has 0 aliphatic carbocycles. The fourth-order valence-corrected chi connectivity index (χ4v) is 2.74. The number of hydrogen-bond acceptors (Lipinski definition) is 2. The molecule has 0 atom stereocenters. The second-order valence-electron chi connectivity index (χ2n) is 4.10. The van der Waals surface area contributed by atoms with Crippen LogP contribution in [0.4, 0.5) is 5.69 Å². The number of hydrogen-bond donors (Lipinski definition) is 1. The van der Waals surface area contributed by atoms with E-state index in [1.54, 1.807) is 0 Å². The van der Waals surface area contributed by atoms with Gasteiger partial charge in [0.05, 0.1) is 0 Å². The molecular weight excluding hydrogens is 332 g/mol. The van der Waals surface area contributed by atoms with Gasteiger partial charge in [0.25, 0.3) is 0 Å². The molecule has 1 aliphatic rings. The number of anilines is 1. The first-order chi connectivity index (χ1) is 7.75. The lowest BCUT2D eigenvalue weighted by Crippen LogP contribution is -2.26. The highest BCUT2D eigenvalue weighted by molar-refractivity contribution is 9.11. The maximum absolute atomic E-state index is 3.55. The Kier molecular flexibility index (Phi) is 4.67. The SMILES string of the molecule is Brc1ccc(Br)c(NCCN2CCCC2)c1. The molecule has 1 aromatic rings. The molecule has 1 saturated heterocycles. The summed E-state index contributed by atoms with van der Waals surface area (Å²) in [5.74, 6) is 0. The van der Waals surface area contributed by atoms with Gasteiger partial charge in [-0.1, -0.05) is 15.9 Å². The normalized spacial score (nSPS) is 16.6. The van der Waals surface area contributed by atoms with Crippen molar-refractivity contribution in [2.24, 2.45) is 0 Å². The Hall–Kier alpha value is -0.0600. The van der Waals surface area contributed by atoms with Crippen molar-refractivity contribution in [1.29, 1.82) is 0 Å². The van der Waals surface area contributed by atoms with Crippen LogP contribution in [-0.4, -0.2) is 31.1 Å². The minimum absolute atomic E-state index is 1.01. The second-order valence-corrected chi connectivity index (χ2v) is 5.87. The topological polar surface area (TPSA) is 15.3 Å². The molecular formula is C12H16Br2N2. The summed E-state index contributed by atoms with van der Waals surface area (Å²) in [6.07, 6.45) is 2.72. The first-order valence-corrected chi connectivity index (χ1v) is 7.25. The van der Waals surface area contributed by atoms with E-state index in [0.717, 1.165) is 27.7 Å². The van der Waals surface area contributed by atoms with Crippen LogP contribution in [-0.2, 0) is 0 Å². The van der Waals surface area contributed by atoms with Gasteiger partial charge in [-0.3, -0.25) is 0 Å². The van der Waals surface area contributed by atoms with E-state index >= 15 is 0 Å². The van der Waals surface area contributed by atoms with Gasteiger partial charge in [-0.25, -0.2) is 0 Å². The molecule has 0 aromatic heterocycles. The lowest BCUT2D eigenvalue weighted by Gasteiger charge is -2.16. The quantitative estimate of drug-likeness (QED) is 0.892. The van der Waals surface area contributed by atoms with Crippen LogP contribution >= 0.6 is 31.9 Å². The van der Waals surface area contributed by atoms with Crippen LogP contribution in [0.25, 0.3) is 0 Å². The molecule has 2 nitrogen and oxygen atoms in total. The van der Waals surface area contributed by atoms with Gasteiger partial charge in [-0.15, -0.1) is 0 Å². The molecule has 2 rings (SSSR count). The Labute approximate surface area is 114 Å². The molecule has 0 unspecified atom stereocenters. The summed E-state index contributed by atoms with van der Waals surface area (Å²) in [6, 6.07) is 6.20. The van der Waals surface area contributed by atoms with E-state index in [2.05, 4.69) is 54.2 Å². The summed E-state index contributed by atoms with van der Waals surface area (Å²) in [6.45, 7) is 4.68. The fraction of sp³-hybridized carbons (Fsp3) is 0.500. The standard InChI is InChI=1S/C12H16Br2N2/c13-10-3-4-11(14)12(9-10)15-5-8-16-6-1-2-7-16/h3-4,9,15H,1-2,5-8H2. The van der Waals surface area contributed by atoms with Crippen LogP contribution < -0.4 is 5.32 Å². The van der Waals surface area contributed by atoms with Crippen LogP contribution in [0.1, 0.15) is 12.8 Å². The Morgan fingerprint density at radius 1 is 1.19 bits per heavy atom. The maximum atomic E-state index is 3.55. The number of benzene rings is 1. The van der Waals surface area contributed by atoms with Gasteiger partial charge in [0, 0.05) is 27.7 Å². The van der Waals surface area contributed by atoms with Gasteiger partial charge in [0.15, 0.2) is 0 Å². The minimum Gasteiger partial charge on any atom is -0.383 e. The van der Waals surface area contributed by atoms with Crippen LogP contribution in [0.2, 0.25) is 0 Å². The number of nitrogens with one attached hydrogen (secondary N) is 1. The number of halogens is 2. The summed E-state index contributed by atoms with van der Waals surface area (Å²) in [7, 11) is 0. The number of rotatable bonds is 4. The molecule has 0 amide bonds. The third kappa shape index (κ3) is 3.47. The van der Waals surface area contributed by atoms with E-state index in [4.69, 9.17) is 0 Å². The smallest absolute Gasteiger partial charge is 0.0496 e. The molecule has 88 valence electrons. The Morgan fingerprint density at radius 2 is 1.94 bits per heavy atom. The van der Waals surface area contributed by atoms with E-state index in [1.165, 1.54) is 25.9 Å². The highest BCUT2D eigenvalue weighted by Gasteiger charge is 2.10. The van der Waals surface area contributed by atoms with Crippen molar-refractivity contribution < 1.29 is 0 Å². The Balaban J connectivity index is 1.82. The van der Waals surface area contributed by atoms with Crippen molar-refractivity contribution in [3.8, 4) is 0 Å². The second kappa shape index (κ2) is 6.03. The molecule has 0 bridgehead atoms. The van der Waals surface area contributed by atoms with Gasteiger partial charge in [0.2, 0.25) is 0 Å². The highest BCUT2D eigenvalue weighted by Crippen LogP contribution is 2.25. The monoisotopic (exact) mass is 346 g/mol. The van der Waals surface area contributed by atoms with E-state index in [1.807, 2.05) is 6.07 Å². The Bertz CT molecular complexity index is 349. The van der Waals surface area contributed by atoms with Gasteiger partial charge in [0.1, 0.15) is 0 Å². The molecule has 0 spiro atoms. The summed E-state index contributed by atoms with van der Waals surface area (Å²) in [5, 5.41) is 3.46. The zero-order valence-corrected chi connectivity index (χ0v) is 12.3. The van der Waals surface area contributed by atoms with Gasteiger partial charge in [-0.05, 0) is 60.1 Å². The van der Waals surface area contributed by atoms with Crippen LogP contribution in [0.3, 0.4) is 0 Å². The predicted molar refractivity (Wildman–Crippen MR) is 76.0 cm³/mol. The van der Waals surface area contributed by atoms with Crippen LogP contribution in [0.15, 0.2) is 27.1 Å². The zero-order chi connectivity index (χ0) is 11.4. The summed E-state index contributed by atoms with van der Waals surface area (Å²) >= 11 is 7.03. The third-order valence-electron chi connectivity index (χ3n) is 2.87. The maximum Gasteiger partial charge on any atom is 0.0496 e. The van der Waals surface area contributed by atoms with Crippen molar-refractivity contribution in [1.82, 2.24) is 4.90 Å². The predicted octanol–water partition coefficient (Wildman–Crippen LogP) is 3.72. The average molecular weight is 348 g/mol. The van der Waals surface area contributed by atoms with Gasteiger partial charge < -0.3 is 10.2 Å². The molecule has 0 saturated carbocycles. The fourth-order valence-electron chi connectivity index (χ4n) is 1.99. The van der Waals surface area contributed by atoms with Crippen molar-refractivity contribution in [2.45, 2.75) is 12.8 Å². The van der Waals surface area contributed by atoms with Crippen molar-refractivity contribution in [3.63, 3.8) is 0 Å². The van der Waals surface area contributed by atoms with E-state index in [0.29, 0.717) is 0 Å². The van der Waals surface area contributed by atoms with Crippen LogP contribution in [0, 0.1) is 0 Å². The third-order valence-corrected chi connectivity index (χ3v) is 4.06. The molecule has 1 fully saturated rings. The molecule has 16 heavy (non-hydrogen) atoms. The molecule has 1 aromatic carbocycles. The minimum atomic E-state index is 1.01. The molecule has 1 N–H and O–H groups in total. The summed E-state index contributed by atoms with van der Waals surface area (Å²) < 4.78 is 2.23. The lowest BCUT2D eigenvalue weighted by atomic mass is 10.3. The van der Waals surface area contributed by atoms with Crippen molar-refractivity contribution in [2.75, 3.05) is 31.5 Å². The largest absolute Gasteiger partial charge is 0.383 e. The first-order valence-electron chi connectivity index (χ1n) is 5.67. The van der Waals surface area contributed by atoms with Gasteiger partial charge >= 0.3 is 0 Å². The first kappa shape index (κ1) is 12.4. The molecule has 1 heterocycles. The molecule has 1 aliphatic heterocycles. The highest BCUT2D eigenvalue weighted by atomic mass is 79.9. The van der Waals surface area contributed by atoms with Crippen molar-refractivity contribution in [3.05, 3.63) is 27.1 Å². The average Bonchev–Trinajstić information content (AvgIpc) is 2.76. The van der Waals surface area contributed by atoms with E-state index in [-0.39, 0.29) is 0 Å². The van der Waals surface area contributed by atoms with Crippen LogP contribution in [0.5, 0.6) is 0 Å². The number of nitrogens with zero attached hydrogens (tertiary/aromatic N) is 1. The molecule has 4 heteroatoms. The van der Waals surface area contributed by atoms with E-state index in [9.17, 15) is 0 Å². The molecule has 0 radical (unpaired) electrons. The van der Waals surface area contributed by atoms with E-state index < -0.39 is 0 Å². The Morgan fingerprint density at radius 3 is 2.69 bits per heavy atom.